The second-order valence-electron chi connectivity index (χ2n) is 3.43. The highest BCUT2D eigenvalue weighted by atomic mass is 79.9. The van der Waals surface area contributed by atoms with Crippen LogP contribution in [0.1, 0.15) is 27.7 Å². The van der Waals surface area contributed by atoms with Crippen molar-refractivity contribution in [3.05, 3.63) is 10.6 Å². The number of ether oxygens (including phenoxy) is 2. The molecule has 0 aliphatic rings. The van der Waals surface area contributed by atoms with E-state index in [0.29, 0.717) is 0 Å². The molecule has 0 heterocycles. The lowest BCUT2D eigenvalue weighted by molar-refractivity contribution is -0.144. The van der Waals surface area contributed by atoms with Gasteiger partial charge in [0.25, 0.3) is 0 Å². The van der Waals surface area contributed by atoms with E-state index in [0.717, 1.165) is 6.08 Å². The molecular weight excluding hydrogens is 264 g/mol. The number of carbonyl (C=O) groups excluding carboxylic acids is 2. The van der Waals surface area contributed by atoms with Gasteiger partial charge in [-0.2, -0.15) is 0 Å². The Morgan fingerprint density at radius 3 is 1.93 bits per heavy atom. The monoisotopic (exact) mass is 278 g/mol. The third-order valence-corrected chi connectivity index (χ3v) is 1.69. The Bertz CT molecular complexity index is 269. The molecule has 0 radical (unpaired) electrons. The van der Waals surface area contributed by atoms with Crippen LogP contribution in [-0.2, 0) is 19.1 Å². The van der Waals surface area contributed by atoms with Crippen molar-refractivity contribution >= 4 is 27.9 Å². The lowest BCUT2D eigenvalue weighted by Gasteiger charge is -2.07. The molecule has 0 bridgehead atoms. The van der Waals surface area contributed by atoms with E-state index in [-0.39, 0.29) is 16.7 Å². The summed E-state index contributed by atoms with van der Waals surface area (Å²) in [6.07, 6.45) is 0.625. The van der Waals surface area contributed by atoms with E-state index in [1.807, 2.05) is 0 Å². The zero-order valence-corrected chi connectivity index (χ0v) is 10.8. The number of halogens is 1. The largest absolute Gasteiger partial charge is 0.460 e. The van der Waals surface area contributed by atoms with Crippen LogP contribution >= 0.6 is 15.9 Å². The van der Waals surface area contributed by atoms with Crippen LogP contribution in [0.3, 0.4) is 0 Å². The average Bonchev–Trinajstić information content (AvgIpc) is 2.00. The molecule has 0 amide bonds. The van der Waals surface area contributed by atoms with Gasteiger partial charge in [0, 0.05) is 6.08 Å². The molecule has 4 nitrogen and oxygen atoms in total. The summed E-state index contributed by atoms with van der Waals surface area (Å²) in [4.78, 5) is 22.3. The highest BCUT2D eigenvalue weighted by Crippen LogP contribution is 2.09. The van der Waals surface area contributed by atoms with E-state index in [4.69, 9.17) is 9.47 Å². The topological polar surface area (TPSA) is 52.6 Å². The Hall–Kier alpha value is -0.840. The first-order chi connectivity index (χ1) is 6.82. The Balaban J connectivity index is 4.29. The van der Waals surface area contributed by atoms with Gasteiger partial charge in [0.05, 0.1) is 12.2 Å². The second-order valence-corrected chi connectivity index (χ2v) is 4.29. The predicted octanol–water partition coefficient (Wildman–Crippen LogP) is 2.17. The van der Waals surface area contributed by atoms with Crippen LogP contribution in [0.15, 0.2) is 10.6 Å². The molecule has 0 spiro atoms. The first kappa shape index (κ1) is 14.2. The third kappa shape index (κ3) is 7.13. The number of rotatable bonds is 4. The van der Waals surface area contributed by atoms with Gasteiger partial charge in [0.1, 0.15) is 4.48 Å². The third-order valence-electron chi connectivity index (χ3n) is 1.13. The number of carbonyl (C=O) groups is 2. The van der Waals surface area contributed by atoms with E-state index >= 15 is 0 Å². The van der Waals surface area contributed by atoms with Crippen molar-refractivity contribution in [1.29, 1.82) is 0 Å². The number of esters is 2. The molecule has 0 aromatic rings. The molecule has 0 N–H and O–H groups in total. The molecular formula is C10H15BrO4. The molecule has 5 heteroatoms. The summed E-state index contributed by atoms with van der Waals surface area (Å²) in [5.41, 5.74) is 0. The Labute approximate surface area is 97.8 Å². The summed E-state index contributed by atoms with van der Waals surface area (Å²) in [5.74, 6) is -1.15. The molecule has 0 atom stereocenters. The molecule has 0 aromatic heterocycles. The summed E-state index contributed by atoms with van der Waals surface area (Å²) in [7, 11) is 0. The average molecular weight is 279 g/mol. The minimum atomic E-state index is -0.578. The maximum atomic E-state index is 11.2. The normalized spacial score (nSPS) is 11.8. The standard InChI is InChI=1S/C10H15BrO4/c1-6(2)14-9(12)5-8(11)10(13)15-7(3)4/h5-7H,1-4H3/b8-5-. The zero-order valence-electron chi connectivity index (χ0n) is 9.24. The summed E-state index contributed by atoms with van der Waals surface area (Å²) in [6.45, 7) is 6.91. The van der Waals surface area contributed by atoms with Gasteiger partial charge in [-0.05, 0) is 43.6 Å². The first-order valence-corrected chi connectivity index (χ1v) is 5.41. The van der Waals surface area contributed by atoms with Crippen LogP contribution in [-0.4, -0.2) is 24.1 Å². The van der Waals surface area contributed by atoms with Gasteiger partial charge in [0.2, 0.25) is 0 Å². The number of hydrogen-bond donors (Lipinski definition) is 0. The predicted molar refractivity (Wildman–Crippen MR) is 59.5 cm³/mol. The van der Waals surface area contributed by atoms with Crippen molar-refractivity contribution in [1.82, 2.24) is 0 Å². The maximum absolute atomic E-state index is 11.2. The van der Waals surface area contributed by atoms with E-state index in [1.54, 1.807) is 27.7 Å². The van der Waals surface area contributed by atoms with Crippen molar-refractivity contribution in [2.45, 2.75) is 39.9 Å². The fourth-order valence-corrected chi connectivity index (χ4v) is 0.979. The van der Waals surface area contributed by atoms with Gasteiger partial charge in [-0.15, -0.1) is 0 Å². The van der Waals surface area contributed by atoms with Gasteiger partial charge in [-0.3, -0.25) is 0 Å². The van der Waals surface area contributed by atoms with E-state index in [2.05, 4.69) is 15.9 Å². The van der Waals surface area contributed by atoms with Crippen molar-refractivity contribution < 1.29 is 19.1 Å². The van der Waals surface area contributed by atoms with Gasteiger partial charge in [0.15, 0.2) is 0 Å². The van der Waals surface area contributed by atoms with Crippen molar-refractivity contribution in [3.63, 3.8) is 0 Å². The van der Waals surface area contributed by atoms with Crippen LogP contribution in [0, 0.1) is 0 Å². The Kier molecular flexibility index (Phi) is 6.24. The van der Waals surface area contributed by atoms with Gasteiger partial charge < -0.3 is 9.47 Å². The molecule has 0 saturated carbocycles. The lowest BCUT2D eigenvalue weighted by atomic mass is 10.4. The maximum Gasteiger partial charge on any atom is 0.345 e. The summed E-state index contributed by atoms with van der Waals surface area (Å²) in [5, 5.41) is 0. The number of hydrogen-bond acceptors (Lipinski definition) is 4. The summed E-state index contributed by atoms with van der Waals surface area (Å²) >= 11 is 2.95. The van der Waals surface area contributed by atoms with Crippen LogP contribution in [0.2, 0.25) is 0 Å². The molecule has 0 aromatic carbocycles. The molecule has 0 saturated heterocycles. The fourth-order valence-electron chi connectivity index (χ4n) is 0.699. The van der Waals surface area contributed by atoms with Crippen LogP contribution in [0.4, 0.5) is 0 Å². The summed E-state index contributed by atoms with van der Waals surface area (Å²) in [6, 6.07) is 0. The molecule has 0 aliphatic heterocycles. The molecule has 0 unspecified atom stereocenters. The Morgan fingerprint density at radius 2 is 1.53 bits per heavy atom. The minimum Gasteiger partial charge on any atom is -0.460 e. The summed E-state index contributed by atoms with van der Waals surface area (Å²) < 4.78 is 9.74. The molecule has 15 heavy (non-hydrogen) atoms. The highest BCUT2D eigenvalue weighted by molar-refractivity contribution is 9.12. The van der Waals surface area contributed by atoms with Crippen LogP contribution in [0.5, 0.6) is 0 Å². The first-order valence-electron chi connectivity index (χ1n) is 4.61. The molecule has 86 valence electrons. The smallest absolute Gasteiger partial charge is 0.345 e. The second kappa shape index (κ2) is 6.61. The van der Waals surface area contributed by atoms with E-state index in [1.165, 1.54) is 0 Å². The lowest BCUT2D eigenvalue weighted by Crippen LogP contribution is -2.14. The van der Waals surface area contributed by atoms with E-state index < -0.39 is 11.9 Å². The van der Waals surface area contributed by atoms with Crippen LogP contribution < -0.4 is 0 Å². The van der Waals surface area contributed by atoms with E-state index in [9.17, 15) is 9.59 Å². The minimum absolute atomic E-state index is 0.0573. The van der Waals surface area contributed by atoms with Crippen molar-refractivity contribution in [3.8, 4) is 0 Å². The van der Waals surface area contributed by atoms with Gasteiger partial charge in [-0.25, -0.2) is 9.59 Å². The van der Waals surface area contributed by atoms with Crippen molar-refractivity contribution in [2.75, 3.05) is 0 Å². The van der Waals surface area contributed by atoms with Crippen LogP contribution in [0.25, 0.3) is 0 Å². The highest BCUT2D eigenvalue weighted by Gasteiger charge is 2.12. The van der Waals surface area contributed by atoms with Gasteiger partial charge >= 0.3 is 11.9 Å². The Morgan fingerprint density at radius 1 is 1.07 bits per heavy atom. The van der Waals surface area contributed by atoms with Crippen molar-refractivity contribution in [2.24, 2.45) is 0 Å². The quantitative estimate of drug-likeness (QED) is 0.584. The fraction of sp³-hybridized carbons (Fsp3) is 0.600. The molecule has 0 aliphatic carbocycles. The molecule has 0 rings (SSSR count). The van der Waals surface area contributed by atoms with Gasteiger partial charge in [-0.1, -0.05) is 0 Å². The SMILES string of the molecule is CC(C)OC(=O)/C=C(\Br)C(=O)OC(C)C. The molecule has 0 fully saturated rings. The zero-order chi connectivity index (χ0) is 12.0.